The van der Waals surface area contributed by atoms with Crippen LogP contribution in [0.3, 0.4) is 0 Å². The Labute approximate surface area is 91.3 Å². The second-order valence-electron chi connectivity index (χ2n) is 3.87. The Kier molecular flexibility index (Phi) is 4.59. The highest BCUT2D eigenvalue weighted by molar-refractivity contribution is 5.34. The first kappa shape index (κ1) is 12.0. The van der Waals surface area contributed by atoms with Gasteiger partial charge in [-0.15, -0.1) is 0 Å². The number of hydrogen-bond donors (Lipinski definition) is 1. The fraction of sp³-hybridized carbons (Fsp3) is 0.500. The molecule has 0 aliphatic carbocycles. The third kappa shape index (κ3) is 3.90. The van der Waals surface area contributed by atoms with Crippen LogP contribution in [0.2, 0.25) is 0 Å². The van der Waals surface area contributed by atoms with E-state index in [4.69, 9.17) is 4.74 Å². The van der Waals surface area contributed by atoms with Crippen LogP contribution in [0.5, 0.6) is 5.75 Å². The van der Waals surface area contributed by atoms with E-state index in [0.717, 1.165) is 17.9 Å². The van der Waals surface area contributed by atoms with E-state index in [2.05, 4.69) is 4.90 Å². The van der Waals surface area contributed by atoms with Gasteiger partial charge in [0.1, 0.15) is 12.4 Å². The molecule has 1 atom stereocenters. The Morgan fingerprint density at radius 1 is 1.33 bits per heavy atom. The summed E-state index contributed by atoms with van der Waals surface area (Å²) in [5.74, 6) is 0.773. The lowest BCUT2D eigenvalue weighted by molar-refractivity contribution is 0.188. The summed E-state index contributed by atoms with van der Waals surface area (Å²) in [7, 11) is 4.01. The van der Waals surface area contributed by atoms with E-state index in [0.29, 0.717) is 6.61 Å². The van der Waals surface area contributed by atoms with Crippen molar-refractivity contribution in [2.75, 3.05) is 27.2 Å². The molecule has 1 aromatic carbocycles. The summed E-state index contributed by atoms with van der Waals surface area (Å²) in [6, 6.07) is 7.59. The van der Waals surface area contributed by atoms with Gasteiger partial charge in [-0.1, -0.05) is 18.2 Å². The van der Waals surface area contributed by atoms with Crippen molar-refractivity contribution in [2.24, 2.45) is 0 Å². The molecule has 0 heterocycles. The van der Waals surface area contributed by atoms with E-state index < -0.39 is 6.10 Å². The number of likely N-dealkylation sites (N-methyl/N-ethyl adjacent to an activating group) is 1. The average molecular weight is 209 g/mol. The molecule has 15 heavy (non-hydrogen) atoms. The van der Waals surface area contributed by atoms with Crippen LogP contribution in [0.4, 0.5) is 0 Å². The van der Waals surface area contributed by atoms with Crippen LogP contribution in [0.25, 0.3) is 0 Å². The Morgan fingerprint density at radius 3 is 2.60 bits per heavy atom. The Hall–Kier alpha value is -1.06. The van der Waals surface area contributed by atoms with Gasteiger partial charge in [0.25, 0.3) is 0 Å². The third-order valence-corrected chi connectivity index (χ3v) is 2.17. The monoisotopic (exact) mass is 209 g/mol. The van der Waals surface area contributed by atoms with Gasteiger partial charge in [0, 0.05) is 12.1 Å². The fourth-order valence-electron chi connectivity index (χ4n) is 1.30. The minimum absolute atomic E-state index is 0.486. The highest BCUT2D eigenvalue weighted by Crippen LogP contribution is 2.24. The molecule has 1 aromatic rings. The lowest BCUT2D eigenvalue weighted by atomic mass is 10.1. The van der Waals surface area contributed by atoms with Crippen molar-refractivity contribution < 1.29 is 9.84 Å². The second-order valence-corrected chi connectivity index (χ2v) is 3.87. The number of rotatable bonds is 5. The van der Waals surface area contributed by atoms with Gasteiger partial charge >= 0.3 is 0 Å². The average Bonchev–Trinajstić information content (AvgIpc) is 2.17. The van der Waals surface area contributed by atoms with Gasteiger partial charge in [0.05, 0.1) is 6.10 Å². The zero-order chi connectivity index (χ0) is 11.3. The van der Waals surface area contributed by atoms with Crippen molar-refractivity contribution in [1.82, 2.24) is 4.90 Å². The summed E-state index contributed by atoms with van der Waals surface area (Å²) < 4.78 is 5.61. The molecule has 0 amide bonds. The van der Waals surface area contributed by atoms with Crippen molar-refractivity contribution in [3.63, 3.8) is 0 Å². The number of aliphatic hydroxyl groups is 1. The first-order chi connectivity index (χ1) is 7.11. The maximum absolute atomic E-state index is 9.52. The van der Waals surface area contributed by atoms with E-state index in [-0.39, 0.29) is 0 Å². The van der Waals surface area contributed by atoms with Gasteiger partial charge in [-0.2, -0.15) is 0 Å². The number of hydrogen-bond acceptors (Lipinski definition) is 3. The van der Waals surface area contributed by atoms with Crippen LogP contribution in [0, 0.1) is 0 Å². The predicted molar refractivity (Wildman–Crippen MR) is 61.1 cm³/mol. The van der Waals surface area contributed by atoms with Crippen molar-refractivity contribution in [1.29, 1.82) is 0 Å². The molecule has 0 aliphatic rings. The van der Waals surface area contributed by atoms with Crippen LogP contribution < -0.4 is 4.74 Å². The van der Waals surface area contributed by atoms with Crippen molar-refractivity contribution in [2.45, 2.75) is 13.0 Å². The Bertz CT molecular complexity index is 297. The molecule has 1 unspecified atom stereocenters. The third-order valence-electron chi connectivity index (χ3n) is 2.17. The molecular formula is C12H19NO2. The van der Waals surface area contributed by atoms with Gasteiger partial charge in [-0.25, -0.2) is 0 Å². The lowest BCUT2D eigenvalue weighted by Gasteiger charge is -2.15. The normalized spacial score (nSPS) is 12.9. The first-order valence-electron chi connectivity index (χ1n) is 5.16. The molecule has 0 aliphatic heterocycles. The summed E-state index contributed by atoms with van der Waals surface area (Å²) in [4.78, 5) is 2.06. The predicted octanol–water partition coefficient (Wildman–Crippen LogP) is 1.68. The van der Waals surface area contributed by atoms with Gasteiger partial charge in [0.15, 0.2) is 0 Å². The summed E-state index contributed by atoms with van der Waals surface area (Å²) in [5.41, 5.74) is 0.844. The number of benzene rings is 1. The van der Waals surface area contributed by atoms with E-state index in [9.17, 15) is 5.11 Å². The lowest BCUT2D eigenvalue weighted by Crippen LogP contribution is -2.19. The van der Waals surface area contributed by atoms with E-state index >= 15 is 0 Å². The smallest absolute Gasteiger partial charge is 0.125 e. The maximum Gasteiger partial charge on any atom is 0.125 e. The molecule has 0 radical (unpaired) electrons. The quantitative estimate of drug-likeness (QED) is 0.801. The van der Waals surface area contributed by atoms with Crippen molar-refractivity contribution >= 4 is 0 Å². The molecule has 84 valence electrons. The van der Waals surface area contributed by atoms with Crippen molar-refractivity contribution in [3.8, 4) is 5.75 Å². The SMILES string of the molecule is CC(O)c1ccccc1OCCN(C)C. The molecule has 0 spiro atoms. The molecular weight excluding hydrogens is 190 g/mol. The highest BCUT2D eigenvalue weighted by Gasteiger charge is 2.07. The summed E-state index contributed by atoms with van der Waals surface area (Å²) >= 11 is 0. The fourth-order valence-corrected chi connectivity index (χ4v) is 1.30. The molecule has 3 heteroatoms. The zero-order valence-corrected chi connectivity index (χ0v) is 9.60. The standard InChI is InChI=1S/C12H19NO2/c1-10(14)11-6-4-5-7-12(11)15-9-8-13(2)3/h4-7,10,14H,8-9H2,1-3H3. The highest BCUT2D eigenvalue weighted by atomic mass is 16.5. The summed E-state index contributed by atoms with van der Waals surface area (Å²) in [6.07, 6.45) is -0.486. The number of nitrogens with zero attached hydrogens (tertiary/aromatic N) is 1. The molecule has 0 fully saturated rings. The van der Waals surface area contributed by atoms with Crippen LogP contribution in [-0.4, -0.2) is 37.3 Å². The van der Waals surface area contributed by atoms with Gasteiger partial charge in [0.2, 0.25) is 0 Å². The van der Waals surface area contributed by atoms with Crippen molar-refractivity contribution in [3.05, 3.63) is 29.8 Å². The first-order valence-corrected chi connectivity index (χ1v) is 5.16. The molecule has 1 N–H and O–H groups in total. The zero-order valence-electron chi connectivity index (χ0n) is 9.60. The van der Waals surface area contributed by atoms with Gasteiger partial charge < -0.3 is 14.7 Å². The molecule has 0 saturated heterocycles. The summed E-state index contributed by atoms with van der Waals surface area (Å²) in [5, 5.41) is 9.52. The van der Waals surface area contributed by atoms with E-state index in [1.54, 1.807) is 6.92 Å². The molecule has 3 nitrogen and oxygen atoms in total. The topological polar surface area (TPSA) is 32.7 Å². The van der Waals surface area contributed by atoms with Crippen LogP contribution in [-0.2, 0) is 0 Å². The molecule has 0 bridgehead atoms. The number of para-hydroxylation sites is 1. The minimum Gasteiger partial charge on any atom is -0.492 e. The molecule has 0 saturated carbocycles. The Morgan fingerprint density at radius 2 is 2.00 bits per heavy atom. The molecule has 1 rings (SSSR count). The van der Waals surface area contributed by atoms with Crippen LogP contribution in [0.15, 0.2) is 24.3 Å². The van der Waals surface area contributed by atoms with E-state index in [1.165, 1.54) is 0 Å². The number of ether oxygens (including phenoxy) is 1. The van der Waals surface area contributed by atoms with Gasteiger partial charge in [-0.05, 0) is 27.1 Å². The maximum atomic E-state index is 9.52. The minimum atomic E-state index is -0.486. The second kappa shape index (κ2) is 5.73. The summed E-state index contributed by atoms with van der Waals surface area (Å²) in [6.45, 7) is 3.25. The number of aliphatic hydroxyl groups excluding tert-OH is 1. The largest absolute Gasteiger partial charge is 0.492 e. The van der Waals surface area contributed by atoms with Crippen LogP contribution >= 0.6 is 0 Å². The Balaban J connectivity index is 2.59. The molecule has 0 aromatic heterocycles. The van der Waals surface area contributed by atoms with E-state index in [1.807, 2.05) is 38.4 Å². The van der Waals surface area contributed by atoms with Crippen LogP contribution in [0.1, 0.15) is 18.6 Å². The van der Waals surface area contributed by atoms with Gasteiger partial charge in [-0.3, -0.25) is 0 Å².